The lowest BCUT2D eigenvalue weighted by Crippen LogP contribution is -2.32. The number of hydrogen-bond acceptors (Lipinski definition) is 3. The van der Waals surface area contributed by atoms with Gasteiger partial charge in [0.15, 0.2) is 0 Å². The third kappa shape index (κ3) is 1.89. The van der Waals surface area contributed by atoms with Crippen LogP contribution in [0.5, 0.6) is 0 Å². The molecule has 17 heavy (non-hydrogen) atoms. The van der Waals surface area contributed by atoms with Gasteiger partial charge in [-0.15, -0.1) is 11.3 Å². The van der Waals surface area contributed by atoms with E-state index in [1.54, 1.807) is 11.3 Å². The lowest BCUT2D eigenvalue weighted by molar-refractivity contribution is -0.130. The van der Waals surface area contributed by atoms with Gasteiger partial charge in [-0.05, 0) is 38.3 Å². The van der Waals surface area contributed by atoms with E-state index in [-0.39, 0.29) is 12.2 Å². The maximum absolute atomic E-state index is 12.3. The van der Waals surface area contributed by atoms with Crippen LogP contribution in [0.2, 0.25) is 0 Å². The molecule has 4 heteroatoms. The molecule has 1 saturated heterocycles. The highest BCUT2D eigenvalue weighted by Gasteiger charge is 2.46. The molecule has 1 aliphatic carbocycles. The van der Waals surface area contributed by atoms with Gasteiger partial charge in [0.2, 0.25) is 5.91 Å². The maximum atomic E-state index is 12.3. The monoisotopic (exact) mass is 250 g/mol. The van der Waals surface area contributed by atoms with E-state index in [9.17, 15) is 4.79 Å². The van der Waals surface area contributed by atoms with Crippen LogP contribution in [0.15, 0.2) is 12.1 Å². The number of amides is 1. The molecule has 2 aliphatic rings. The van der Waals surface area contributed by atoms with Gasteiger partial charge in [0.05, 0.1) is 6.04 Å². The van der Waals surface area contributed by atoms with Gasteiger partial charge in [0.25, 0.3) is 0 Å². The molecule has 2 unspecified atom stereocenters. The van der Waals surface area contributed by atoms with E-state index in [1.165, 1.54) is 22.6 Å². The Kier molecular flexibility index (Phi) is 2.71. The van der Waals surface area contributed by atoms with E-state index >= 15 is 0 Å². The third-order valence-corrected chi connectivity index (χ3v) is 4.62. The minimum absolute atomic E-state index is 0.0167. The van der Waals surface area contributed by atoms with Gasteiger partial charge in [0.1, 0.15) is 6.17 Å². The molecule has 3 nitrogen and oxygen atoms in total. The van der Waals surface area contributed by atoms with Crippen LogP contribution in [-0.2, 0) is 4.79 Å². The SMILES string of the molecule is CCC1NC(c2ccc(C)s2)N(C2CC2)C1=O. The molecule has 1 saturated carbocycles. The molecule has 3 rings (SSSR count). The Bertz CT molecular complexity index is 438. The standard InChI is InChI=1S/C13H18N2OS/c1-3-10-13(16)15(9-5-6-9)12(14-10)11-7-4-8(2)17-11/h4,7,9-10,12,14H,3,5-6H2,1-2H3. The summed E-state index contributed by atoms with van der Waals surface area (Å²) >= 11 is 1.79. The first kappa shape index (κ1) is 11.2. The van der Waals surface area contributed by atoms with Crippen LogP contribution in [0.1, 0.15) is 42.1 Å². The predicted octanol–water partition coefficient (Wildman–Crippen LogP) is 2.43. The third-order valence-electron chi connectivity index (χ3n) is 3.57. The van der Waals surface area contributed by atoms with Gasteiger partial charge in [-0.1, -0.05) is 6.92 Å². The van der Waals surface area contributed by atoms with E-state index in [4.69, 9.17) is 0 Å². The lowest BCUT2D eigenvalue weighted by atomic mass is 10.2. The van der Waals surface area contributed by atoms with Crippen molar-refractivity contribution >= 4 is 17.2 Å². The first-order chi connectivity index (χ1) is 8.20. The first-order valence-corrected chi connectivity index (χ1v) is 7.17. The molecule has 2 atom stereocenters. The second kappa shape index (κ2) is 4.10. The zero-order valence-electron chi connectivity index (χ0n) is 10.3. The molecule has 1 aliphatic heterocycles. The number of nitrogens with zero attached hydrogens (tertiary/aromatic N) is 1. The molecule has 0 aromatic carbocycles. The zero-order valence-corrected chi connectivity index (χ0v) is 11.1. The minimum atomic E-state index is 0.0167. The summed E-state index contributed by atoms with van der Waals surface area (Å²) in [6.45, 7) is 4.19. The van der Waals surface area contributed by atoms with Crippen LogP contribution in [0, 0.1) is 6.92 Å². The molecule has 2 heterocycles. The van der Waals surface area contributed by atoms with Gasteiger partial charge in [-0.25, -0.2) is 0 Å². The minimum Gasteiger partial charge on any atom is -0.318 e. The second-order valence-electron chi connectivity index (χ2n) is 4.96. The largest absolute Gasteiger partial charge is 0.318 e. The quantitative estimate of drug-likeness (QED) is 0.893. The molecular formula is C13H18N2OS. The highest BCUT2D eigenvalue weighted by Crippen LogP contribution is 2.39. The fourth-order valence-corrected chi connectivity index (χ4v) is 3.44. The Morgan fingerprint density at radius 3 is 2.76 bits per heavy atom. The van der Waals surface area contributed by atoms with Crippen molar-refractivity contribution in [3.8, 4) is 0 Å². The lowest BCUT2D eigenvalue weighted by Gasteiger charge is -2.22. The van der Waals surface area contributed by atoms with Gasteiger partial charge in [-0.2, -0.15) is 0 Å². The average molecular weight is 250 g/mol. The topological polar surface area (TPSA) is 32.3 Å². The molecular weight excluding hydrogens is 232 g/mol. The van der Waals surface area contributed by atoms with Crippen molar-refractivity contribution in [2.45, 2.75) is 51.4 Å². The average Bonchev–Trinajstić information content (AvgIpc) is 2.97. The Hall–Kier alpha value is -0.870. The summed E-state index contributed by atoms with van der Waals surface area (Å²) in [5, 5.41) is 3.48. The second-order valence-corrected chi connectivity index (χ2v) is 6.27. The summed E-state index contributed by atoms with van der Waals surface area (Å²) in [7, 11) is 0. The smallest absolute Gasteiger partial charge is 0.241 e. The van der Waals surface area contributed by atoms with E-state index in [2.05, 4.69) is 36.2 Å². The van der Waals surface area contributed by atoms with E-state index in [0.717, 1.165) is 6.42 Å². The molecule has 1 aromatic heterocycles. The number of nitrogens with one attached hydrogen (secondary N) is 1. The molecule has 0 radical (unpaired) electrons. The van der Waals surface area contributed by atoms with Gasteiger partial charge in [0, 0.05) is 15.8 Å². The van der Waals surface area contributed by atoms with Crippen molar-refractivity contribution in [3.63, 3.8) is 0 Å². The number of aryl methyl sites for hydroxylation is 1. The van der Waals surface area contributed by atoms with E-state index < -0.39 is 0 Å². The van der Waals surface area contributed by atoms with Crippen molar-refractivity contribution in [1.82, 2.24) is 10.2 Å². The van der Waals surface area contributed by atoms with Gasteiger partial charge < -0.3 is 4.90 Å². The molecule has 1 N–H and O–H groups in total. The molecule has 1 aromatic rings. The van der Waals surface area contributed by atoms with Crippen molar-refractivity contribution < 1.29 is 4.79 Å². The maximum Gasteiger partial charge on any atom is 0.241 e. The summed E-state index contributed by atoms with van der Waals surface area (Å²) in [4.78, 5) is 16.9. The fraction of sp³-hybridized carbons (Fsp3) is 0.615. The summed E-state index contributed by atoms with van der Waals surface area (Å²) in [6, 6.07) is 4.79. The normalized spacial score (nSPS) is 29.1. The molecule has 0 bridgehead atoms. The number of carbonyl (C=O) groups is 1. The highest BCUT2D eigenvalue weighted by molar-refractivity contribution is 7.12. The van der Waals surface area contributed by atoms with Crippen LogP contribution in [0.25, 0.3) is 0 Å². The van der Waals surface area contributed by atoms with Crippen LogP contribution in [-0.4, -0.2) is 22.9 Å². The summed E-state index contributed by atoms with van der Waals surface area (Å²) in [5.74, 6) is 0.297. The summed E-state index contributed by atoms with van der Waals surface area (Å²) < 4.78 is 0. The number of rotatable bonds is 3. The van der Waals surface area contributed by atoms with Crippen LogP contribution >= 0.6 is 11.3 Å². The Morgan fingerprint density at radius 1 is 1.47 bits per heavy atom. The van der Waals surface area contributed by atoms with Crippen LogP contribution < -0.4 is 5.32 Å². The van der Waals surface area contributed by atoms with E-state index in [1.807, 2.05) is 0 Å². The fourth-order valence-electron chi connectivity index (χ4n) is 2.50. The predicted molar refractivity (Wildman–Crippen MR) is 68.9 cm³/mol. The number of thiophene rings is 1. The molecule has 0 spiro atoms. The molecule has 92 valence electrons. The van der Waals surface area contributed by atoms with Crippen LogP contribution in [0.4, 0.5) is 0 Å². The van der Waals surface area contributed by atoms with Crippen molar-refractivity contribution in [2.24, 2.45) is 0 Å². The molecule has 1 amide bonds. The van der Waals surface area contributed by atoms with E-state index in [0.29, 0.717) is 11.9 Å². The van der Waals surface area contributed by atoms with Crippen molar-refractivity contribution in [3.05, 3.63) is 21.9 Å². The summed E-state index contributed by atoms with van der Waals surface area (Å²) in [6.07, 6.45) is 3.34. The number of hydrogen-bond donors (Lipinski definition) is 1. The Morgan fingerprint density at radius 2 is 2.24 bits per heavy atom. The summed E-state index contributed by atoms with van der Waals surface area (Å²) in [5.41, 5.74) is 0. The zero-order chi connectivity index (χ0) is 12.0. The van der Waals surface area contributed by atoms with Crippen LogP contribution in [0.3, 0.4) is 0 Å². The number of carbonyl (C=O) groups excluding carboxylic acids is 1. The van der Waals surface area contributed by atoms with Crippen molar-refractivity contribution in [1.29, 1.82) is 0 Å². The van der Waals surface area contributed by atoms with Gasteiger partial charge >= 0.3 is 0 Å². The first-order valence-electron chi connectivity index (χ1n) is 6.35. The van der Waals surface area contributed by atoms with Crippen molar-refractivity contribution in [2.75, 3.05) is 0 Å². The van der Waals surface area contributed by atoms with Gasteiger partial charge in [-0.3, -0.25) is 10.1 Å². The Balaban J connectivity index is 1.89. The molecule has 2 fully saturated rings. The highest BCUT2D eigenvalue weighted by atomic mass is 32.1. The Labute approximate surface area is 106 Å².